The van der Waals surface area contributed by atoms with Crippen LogP contribution >= 0.6 is 11.3 Å². The van der Waals surface area contributed by atoms with Gasteiger partial charge in [0.25, 0.3) is 0 Å². The molecule has 0 saturated heterocycles. The molecule has 1 aliphatic rings. The fraction of sp³-hybridized carbons (Fsp3) is 0.412. The van der Waals surface area contributed by atoms with Crippen LogP contribution in [0.3, 0.4) is 0 Å². The number of nitrogens with one attached hydrogen (secondary N) is 2. The smallest absolute Gasteiger partial charge is 0.229 e. The summed E-state index contributed by atoms with van der Waals surface area (Å²) < 4.78 is 5.41. The van der Waals surface area contributed by atoms with Gasteiger partial charge in [-0.05, 0) is 25.3 Å². The lowest BCUT2D eigenvalue weighted by molar-refractivity contribution is -0.122. The zero-order chi connectivity index (χ0) is 17.2. The Hall–Kier alpha value is -2.32. The molecule has 2 unspecified atom stereocenters. The zero-order valence-electron chi connectivity index (χ0n) is 13.9. The number of ether oxygens (including phenoxy) is 1. The molecule has 0 aliphatic heterocycles. The van der Waals surface area contributed by atoms with Gasteiger partial charge in [-0.15, -0.1) is 11.3 Å². The van der Waals surface area contributed by atoms with Crippen LogP contribution in [0.15, 0.2) is 24.0 Å². The molecular formula is C17H23N5O2S. The number of aromatic nitrogens is 4. The summed E-state index contributed by atoms with van der Waals surface area (Å²) in [4.78, 5) is 28.6. The minimum absolute atomic E-state index is 0. The monoisotopic (exact) mass is 361 g/mol. The van der Waals surface area contributed by atoms with Gasteiger partial charge in [0.15, 0.2) is 5.13 Å². The number of carbonyl (C=O) groups is 1. The Morgan fingerprint density at radius 1 is 1.44 bits per heavy atom. The highest BCUT2D eigenvalue weighted by atomic mass is 32.1. The Morgan fingerprint density at radius 3 is 3.24 bits per heavy atom. The third-order valence-electron chi connectivity index (χ3n) is 4.66. The Kier molecular flexibility index (Phi) is 4.46. The van der Waals surface area contributed by atoms with Crippen molar-refractivity contribution in [1.82, 2.24) is 19.9 Å². The van der Waals surface area contributed by atoms with E-state index in [0.29, 0.717) is 5.13 Å². The first-order valence-electron chi connectivity index (χ1n) is 8.32. The van der Waals surface area contributed by atoms with Crippen molar-refractivity contribution >= 4 is 33.4 Å². The van der Waals surface area contributed by atoms with Crippen LogP contribution in [0, 0.1) is 5.92 Å². The molecule has 2 atom stereocenters. The molecule has 3 aromatic rings. The maximum atomic E-state index is 12.5. The fourth-order valence-electron chi connectivity index (χ4n) is 3.32. The van der Waals surface area contributed by atoms with Crippen LogP contribution in [0.2, 0.25) is 0 Å². The highest BCUT2D eigenvalue weighted by molar-refractivity contribution is 7.14. The third kappa shape index (κ3) is 3.27. The van der Waals surface area contributed by atoms with Gasteiger partial charge < -0.3 is 15.0 Å². The van der Waals surface area contributed by atoms with Gasteiger partial charge in [-0.3, -0.25) is 4.79 Å². The fourth-order valence-corrected chi connectivity index (χ4v) is 4.02. The number of amides is 1. The van der Waals surface area contributed by atoms with E-state index < -0.39 is 0 Å². The number of rotatable bonds is 4. The topological polar surface area (TPSA) is 92.8 Å². The van der Waals surface area contributed by atoms with Gasteiger partial charge in [0.05, 0.1) is 6.10 Å². The largest absolute Gasteiger partial charge is 0.381 e. The van der Waals surface area contributed by atoms with Crippen molar-refractivity contribution in [1.29, 1.82) is 0 Å². The number of nitrogens with zero attached hydrogens (tertiary/aromatic N) is 3. The number of H-pyrrole nitrogens is 1. The maximum absolute atomic E-state index is 12.5. The molecule has 0 aromatic carbocycles. The van der Waals surface area contributed by atoms with Gasteiger partial charge in [-0.1, -0.05) is 6.42 Å². The molecule has 134 valence electrons. The summed E-state index contributed by atoms with van der Waals surface area (Å²) in [6, 6.07) is 1.93. The SMILES string of the molecule is COC1CCCC(C(=O)Nc2nc(-c3ncnc4[nH]ccc34)cs2)C1.[HH].[HH]. The van der Waals surface area contributed by atoms with Gasteiger partial charge in [0.2, 0.25) is 5.91 Å². The van der Waals surface area contributed by atoms with E-state index >= 15 is 0 Å². The van der Waals surface area contributed by atoms with E-state index in [0.717, 1.165) is 48.1 Å². The highest BCUT2D eigenvalue weighted by Gasteiger charge is 2.27. The quantitative estimate of drug-likeness (QED) is 0.739. The standard InChI is InChI=1S/C17H19N5O2S.2H2/c1-24-11-4-2-3-10(7-11)16(23)22-17-21-13(8-25-17)14-12-5-6-18-15(12)20-9-19-14;;/h5-6,8-11H,2-4,7H2,1H3,(H,18,19,20)(H,21,22,23);2*1H. The van der Waals surface area contributed by atoms with E-state index in [2.05, 4.69) is 25.3 Å². The number of fused-ring (bicyclic) bond motifs is 1. The number of carbonyl (C=O) groups excluding carboxylic acids is 1. The summed E-state index contributed by atoms with van der Waals surface area (Å²) >= 11 is 1.41. The van der Waals surface area contributed by atoms with E-state index in [-0.39, 0.29) is 20.8 Å². The first kappa shape index (κ1) is 16.2. The molecule has 1 saturated carbocycles. The summed E-state index contributed by atoms with van der Waals surface area (Å²) in [5.74, 6) is 0.0126. The summed E-state index contributed by atoms with van der Waals surface area (Å²) in [5.41, 5.74) is 2.28. The molecule has 2 N–H and O–H groups in total. The Bertz CT molecular complexity index is 900. The minimum Gasteiger partial charge on any atom is -0.381 e. The molecule has 3 aromatic heterocycles. The van der Waals surface area contributed by atoms with E-state index in [4.69, 9.17) is 4.74 Å². The van der Waals surface area contributed by atoms with Gasteiger partial charge in [-0.2, -0.15) is 0 Å². The summed E-state index contributed by atoms with van der Waals surface area (Å²) in [6.07, 6.45) is 7.25. The molecule has 1 amide bonds. The van der Waals surface area contributed by atoms with Crippen LogP contribution in [0.1, 0.15) is 28.5 Å². The molecule has 25 heavy (non-hydrogen) atoms. The highest BCUT2D eigenvalue weighted by Crippen LogP contribution is 2.30. The number of hydrogen-bond acceptors (Lipinski definition) is 6. The molecular weight excluding hydrogens is 338 g/mol. The molecule has 0 radical (unpaired) electrons. The number of methoxy groups -OCH3 is 1. The average molecular weight is 361 g/mol. The first-order chi connectivity index (χ1) is 12.2. The summed E-state index contributed by atoms with van der Waals surface area (Å²) in [5, 5.41) is 6.37. The second-order valence-corrected chi connectivity index (χ2v) is 7.07. The predicted molar refractivity (Wildman–Crippen MR) is 101 cm³/mol. The summed E-state index contributed by atoms with van der Waals surface area (Å²) in [6.45, 7) is 0. The van der Waals surface area contributed by atoms with E-state index in [9.17, 15) is 4.79 Å². The van der Waals surface area contributed by atoms with Gasteiger partial charge in [0, 0.05) is 32.8 Å². The lowest BCUT2D eigenvalue weighted by atomic mass is 9.86. The van der Waals surface area contributed by atoms with E-state index in [1.807, 2.05) is 17.6 Å². The number of thiazole rings is 1. The number of aromatic amines is 1. The van der Waals surface area contributed by atoms with Crippen molar-refractivity contribution in [2.75, 3.05) is 12.4 Å². The molecule has 4 rings (SSSR count). The average Bonchev–Trinajstić information content (AvgIpc) is 3.30. The molecule has 1 aliphatic carbocycles. The first-order valence-corrected chi connectivity index (χ1v) is 9.20. The second kappa shape index (κ2) is 6.89. The Labute approximate surface area is 151 Å². The molecule has 3 heterocycles. The molecule has 0 spiro atoms. The maximum Gasteiger partial charge on any atom is 0.229 e. The van der Waals surface area contributed by atoms with Crippen molar-refractivity contribution in [2.45, 2.75) is 31.8 Å². The van der Waals surface area contributed by atoms with Crippen molar-refractivity contribution in [3.05, 3.63) is 24.0 Å². The van der Waals surface area contributed by atoms with Gasteiger partial charge in [0.1, 0.15) is 23.4 Å². The van der Waals surface area contributed by atoms with Crippen LogP contribution in [-0.4, -0.2) is 39.1 Å². The van der Waals surface area contributed by atoms with Crippen molar-refractivity contribution in [3.8, 4) is 11.4 Å². The zero-order valence-corrected chi connectivity index (χ0v) is 14.7. The van der Waals surface area contributed by atoms with Crippen LogP contribution in [-0.2, 0) is 9.53 Å². The van der Waals surface area contributed by atoms with Crippen LogP contribution in [0.4, 0.5) is 5.13 Å². The molecule has 7 nitrogen and oxygen atoms in total. The molecule has 0 bridgehead atoms. The number of hydrogen-bond donors (Lipinski definition) is 2. The lowest BCUT2D eigenvalue weighted by Crippen LogP contribution is -2.30. The summed E-state index contributed by atoms with van der Waals surface area (Å²) in [7, 11) is 1.71. The Balaban J connectivity index is 0.00000131. The predicted octanol–water partition coefficient (Wildman–Crippen LogP) is 3.72. The van der Waals surface area contributed by atoms with E-state index in [1.54, 1.807) is 7.11 Å². The van der Waals surface area contributed by atoms with Crippen LogP contribution in [0.5, 0.6) is 0 Å². The lowest BCUT2D eigenvalue weighted by Gasteiger charge is -2.26. The van der Waals surface area contributed by atoms with Gasteiger partial charge in [-0.25, -0.2) is 15.0 Å². The minimum atomic E-state index is -0.0125. The van der Waals surface area contributed by atoms with Crippen molar-refractivity contribution < 1.29 is 12.4 Å². The molecule has 8 heteroatoms. The third-order valence-corrected chi connectivity index (χ3v) is 5.42. The second-order valence-electron chi connectivity index (χ2n) is 6.21. The number of anilines is 1. The van der Waals surface area contributed by atoms with Crippen molar-refractivity contribution in [2.24, 2.45) is 5.92 Å². The van der Waals surface area contributed by atoms with Crippen molar-refractivity contribution in [3.63, 3.8) is 0 Å². The van der Waals surface area contributed by atoms with Crippen LogP contribution < -0.4 is 5.32 Å². The van der Waals surface area contributed by atoms with Gasteiger partial charge >= 0.3 is 0 Å². The van der Waals surface area contributed by atoms with E-state index in [1.165, 1.54) is 17.7 Å². The Morgan fingerprint density at radius 2 is 2.36 bits per heavy atom. The normalized spacial score (nSPS) is 20.7. The molecule has 1 fully saturated rings. The van der Waals surface area contributed by atoms with Crippen LogP contribution in [0.25, 0.3) is 22.4 Å².